The summed E-state index contributed by atoms with van der Waals surface area (Å²) in [6, 6.07) is 0. The Morgan fingerprint density at radius 3 is 2.42 bits per heavy atom. The number of hydrogen-bond donors (Lipinski definition) is 0. The zero-order valence-corrected chi connectivity index (χ0v) is 22.3. The van der Waals surface area contributed by atoms with Gasteiger partial charge >= 0.3 is 0 Å². The van der Waals surface area contributed by atoms with Crippen LogP contribution in [0.4, 0.5) is 0 Å². The lowest BCUT2D eigenvalue weighted by atomic mass is 9.47. The maximum Gasteiger partial charge on any atom is 0.0616 e. The van der Waals surface area contributed by atoms with Gasteiger partial charge in [0.15, 0.2) is 0 Å². The van der Waals surface area contributed by atoms with E-state index in [9.17, 15) is 0 Å². The lowest BCUT2D eigenvalue weighted by molar-refractivity contribution is -0.0433. The number of rotatable bonds is 3. The molecular weight excluding hydrogens is 376 g/mol. The van der Waals surface area contributed by atoms with Crippen LogP contribution in [0.2, 0.25) is 0 Å². The first-order valence-electron chi connectivity index (χ1n) is 14.3. The normalized spacial score (nSPS) is 45.1. The highest BCUT2D eigenvalue weighted by Gasteiger charge is 2.62. The molecule has 1 heterocycles. The molecule has 1 nitrogen and oxygen atoms in total. The molecule has 0 N–H and O–H groups in total. The van der Waals surface area contributed by atoms with E-state index in [0.29, 0.717) is 23.0 Å². The monoisotopic (exact) mass is 430 g/mol. The van der Waals surface area contributed by atoms with Crippen LogP contribution in [0.1, 0.15) is 126 Å². The summed E-state index contributed by atoms with van der Waals surface area (Å²) in [4.78, 5) is 0. The Morgan fingerprint density at radius 1 is 0.968 bits per heavy atom. The molecule has 0 amide bonds. The predicted molar refractivity (Wildman–Crippen MR) is 135 cm³/mol. The van der Waals surface area contributed by atoms with E-state index in [0.717, 1.165) is 29.6 Å². The smallest absolute Gasteiger partial charge is 0.0616 e. The molecule has 0 bridgehead atoms. The summed E-state index contributed by atoms with van der Waals surface area (Å²) >= 11 is 0. The van der Waals surface area contributed by atoms with Crippen molar-refractivity contribution in [1.29, 1.82) is 0 Å². The van der Waals surface area contributed by atoms with E-state index in [1.165, 1.54) is 70.6 Å². The summed E-state index contributed by atoms with van der Waals surface area (Å²) in [6.45, 7) is 18.0. The first-order valence-corrected chi connectivity index (χ1v) is 14.3. The van der Waals surface area contributed by atoms with Crippen LogP contribution in [-0.2, 0) is 4.74 Å². The van der Waals surface area contributed by atoms with Gasteiger partial charge in [0.1, 0.15) is 0 Å². The lowest BCUT2D eigenvalue weighted by Crippen LogP contribution is -2.49. The molecule has 0 spiro atoms. The molecule has 0 radical (unpaired) electrons. The predicted octanol–water partition coefficient (Wildman–Crippen LogP) is 9.21. The van der Waals surface area contributed by atoms with Crippen molar-refractivity contribution in [3.8, 4) is 0 Å². The molecule has 0 aromatic rings. The summed E-state index contributed by atoms with van der Waals surface area (Å²) in [5.74, 6) is 4.50. The molecular formula is C30H54O. The van der Waals surface area contributed by atoms with Crippen LogP contribution in [0.15, 0.2) is 11.6 Å². The summed E-state index contributed by atoms with van der Waals surface area (Å²) in [5, 5.41) is 0. The summed E-state index contributed by atoms with van der Waals surface area (Å²) < 4.78 is 6.69. The highest BCUT2D eigenvalue weighted by Crippen LogP contribution is 2.68. The van der Waals surface area contributed by atoms with Crippen molar-refractivity contribution in [2.75, 3.05) is 0 Å². The average Bonchev–Trinajstić information content (AvgIpc) is 3.31. The minimum atomic E-state index is 0.543. The van der Waals surface area contributed by atoms with E-state index in [4.69, 9.17) is 4.74 Å². The molecule has 1 heteroatoms. The Bertz CT molecular complexity index is 606. The molecule has 4 aliphatic carbocycles. The summed E-state index contributed by atoms with van der Waals surface area (Å²) in [5.41, 5.74) is 2.96. The van der Waals surface area contributed by atoms with E-state index in [-0.39, 0.29) is 0 Å². The molecule has 0 aromatic carbocycles. The molecule has 31 heavy (non-hydrogen) atoms. The third-order valence-electron chi connectivity index (χ3n) is 10.2. The van der Waals surface area contributed by atoms with Crippen molar-refractivity contribution >= 4 is 0 Å². The highest BCUT2D eigenvalue weighted by atomic mass is 16.5. The van der Waals surface area contributed by atoms with Crippen LogP contribution < -0.4 is 0 Å². The van der Waals surface area contributed by atoms with Gasteiger partial charge in [-0.25, -0.2) is 0 Å². The minimum absolute atomic E-state index is 0.543. The molecule has 3 saturated carbocycles. The maximum atomic E-state index is 6.69. The van der Waals surface area contributed by atoms with Crippen molar-refractivity contribution in [3.05, 3.63) is 11.6 Å². The Balaban J connectivity index is 0.000000645. The van der Waals surface area contributed by atoms with Gasteiger partial charge < -0.3 is 4.74 Å². The molecule has 0 aromatic heterocycles. The second-order valence-corrected chi connectivity index (χ2v) is 11.9. The van der Waals surface area contributed by atoms with Crippen LogP contribution in [0.3, 0.4) is 0 Å². The van der Waals surface area contributed by atoms with E-state index < -0.39 is 0 Å². The second kappa shape index (κ2) is 10.3. The molecule has 3 unspecified atom stereocenters. The fourth-order valence-electron chi connectivity index (χ4n) is 8.65. The maximum absolute atomic E-state index is 6.69. The van der Waals surface area contributed by atoms with Crippen LogP contribution in [0.5, 0.6) is 0 Å². The largest absolute Gasteiger partial charge is 0.375 e. The van der Waals surface area contributed by atoms with E-state index >= 15 is 0 Å². The number of fused-ring (bicyclic) bond motifs is 7. The van der Waals surface area contributed by atoms with Crippen molar-refractivity contribution in [2.45, 2.75) is 138 Å². The first kappa shape index (κ1) is 25.3. The number of hydrogen-bond acceptors (Lipinski definition) is 1. The van der Waals surface area contributed by atoms with E-state index in [2.05, 4.69) is 33.8 Å². The minimum Gasteiger partial charge on any atom is -0.375 e. The van der Waals surface area contributed by atoms with Crippen molar-refractivity contribution in [3.63, 3.8) is 0 Å². The van der Waals surface area contributed by atoms with Gasteiger partial charge in [-0.15, -0.1) is 0 Å². The third kappa shape index (κ3) is 4.43. The fraction of sp³-hybridized carbons (Fsp3) is 0.933. The topological polar surface area (TPSA) is 9.23 Å². The quantitative estimate of drug-likeness (QED) is 0.405. The zero-order valence-electron chi connectivity index (χ0n) is 22.3. The Hall–Kier alpha value is -0.300. The molecule has 180 valence electrons. The Labute approximate surface area is 195 Å². The van der Waals surface area contributed by atoms with Crippen LogP contribution in [-0.4, -0.2) is 12.2 Å². The molecule has 1 saturated heterocycles. The van der Waals surface area contributed by atoms with Gasteiger partial charge in [0.2, 0.25) is 0 Å². The average molecular weight is 431 g/mol. The zero-order chi connectivity index (χ0) is 22.8. The Morgan fingerprint density at radius 2 is 1.71 bits per heavy atom. The van der Waals surface area contributed by atoms with Gasteiger partial charge in [0.25, 0.3) is 0 Å². The van der Waals surface area contributed by atoms with Crippen molar-refractivity contribution in [1.82, 2.24) is 0 Å². The van der Waals surface area contributed by atoms with Crippen molar-refractivity contribution < 1.29 is 4.74 Å². The number of ether oxygens (including phenoxy) is 1. The molecule has 5 rings (SSSR count). The van der Waals surface area contributed by atoms with E-state index in [1.54, 1.807) is 0 Å². The van der Waals surface area contributed by atoms with Gasteiger partial charge in [0, 0.05) is 0 Å². The van der Waals surface area contributed by atoms with Crippen molar-refractivity contribution in [2.24, 2.45) is 40.4 Å². The van der Waals surface area contributed by atoms with Gasteiger partial charge in [-0.2, -0.15) is 0 Å². The fourth-order valence-corrected chi connectivity index (χ4v) is 8.65. The molecule has 4 fully saturated rings. The number of allylic oxidation sites excluding steroid dienone is 2. The highest BCUT2D eigenvalue weighted by molar-refractivity contribution is 5.25. The van der Waals surface area contributed by atoms with Gasteiger partial charge in [-0.1, -0.05) is 73.5 Å². The van der Waals surface area contributed by atoms with Crippen LogP contribution in [0, 0.1) is 40.4 Å². The lowest BCUT2D eigenvalue weighted by Gasteiger charge is -2.57. The first-order chi connectivity index (χ1) is 14.9. The second-order valence-electron chi connectivity index (χ2n) is 11.9. The molecule has 1 aliphatic heterocycles. The molecule has 8 atom stereocenters. The molecule has 5 aliphatic rings. The van der Waals surface area contributed by atoms with Gasteiger partial charge in [-0.05, 0) is 105 Å². The summed E-state index contributed by atoms with van der Waals surface area (Å²) in [6.07, 6.45) is 19.3. The SMILES string of the molecule is CC.CC.CC(C)CC[C@H]1C[C@@H]2[C@@H](CC3[C@H]4CC=C5CCCC[C@@]5(C)C4CCC32C)O1. The van der Waals surface area contributed by atoms with Crippen LogP contribution in [0.25, 0.3) is 0 Å². The van der Waals surface area contributed by atoms with Gasteiger partial charge in [0.05, 0.1) is 12.2 Å². The van der Waals surface area contributed by atoms with Gasteiger partial charge in [-0.3, -0.25) is 0 Å². The summed E-state index contributed by atoms with van der Waals surface area (Å²) in [7, 11) is 0. The standard InChI is InChI=1S/C26H42O.2C2H6/c1-17(2)8-10-19-15-23-24(27-19)16-22-20-11-9-18-7-5-6-13-25(18,3)21(20)12-14-26(22,23)4;2*1-2/h9,17,19-24H,5-8,10-16H2,1-4H3;2*1-2H3/t19-,20-,21?,22?,23+,24+,25+,26?;;/m0../s1. The third-order valence-corrected chi connectivity index (χ3v) is 10.2. The van der Waals surface area contributed by atoms with Crippen LogP contribution >= 0.6 is 0 Å². The Kier molecular flexibility index (Phi) is 8.43. The van der Waals surface area contributed by atoms with E-state index in [1.807, 2.05) is 33.3 Å².